The van der Waals surface area contributed by atoms with Gasteiger partial charge in [-0.15, -0.1) is 10.2 Å². The van der Waals surface area contributed by atoms with Gasteiger partial charge in [-0.3, -0.25) is 9.36 Å². The van der Waals surface area contributed by atoms with Gasteiger partial charge in [0.1, 0.15) is 12.4 Å². The van der Waals surface area contributed by atoms with Gasteiger partial charge < -0.3 is 14.5 Å². The van der Waals surface area contributed by atoms with E-state index in [4.69, 9.17) is 9.15 Å². The number of aromatic nitrogens is 3. The number of carbonyl (C=O) groups is 1. The van der Waals surface area contributed by atoms with Crippen LogP contribution in [0.25, 0.3) is 11.6 Å². The summed E-state index contributed by atoms with van der Waals surface area (Å²) in [6, 6.07) is 13.2. The minimum atomic E-state index is -0.0692. The Morgan fingerprint density at radius 3 is 2.75 bits per heavy atom. The van der Waals surface area contributed by atoms with Crippen LogP contribution in [0.5, 0.6) is 5.75 Å². The number of para-hydroxylation sites is 1. The first-order valence-electron chi connectivity index (χ1n) is 9.18. The lowest BCUT2D eigenvalue weighted by atomic mass is 10.2. The number of thioether (sulfide) groups is 1. The molecular weight excluding hydrogens is 376 g/mol. The molecule has 0 fully saturated rings. The molecule has 0 radical (unpaired) electrons. The maximum absolute atomic E-state index is 12.1. The molecule has 2 heterocycles. The van der Waals surface area contributed by atoms with E-state index >= 15 is 0 Å². The largest absolute Gasteiger partial charge is 0.492 e. The monoisotopic (exact) mass is 400 g/mol. The lowest BCUT2D eigenvalue weighted by Gasteiger charge is -2.11. The molecule has 0 spiro atoms. The summed E-state index contributed by atoms with van der Waals surface area (Å²) in [5.41, 5.74) is 0. The van der Waals surface area contributed by atoms with E-state index < -0.39 is 0 Å². The summed E-state index contributed by atoms with van der Waals surface area (Å²) in [6.07, 6.45) is 1.61. The molecule has 8 heteroatoms. The highest BCUT2D eigenvalue weighted by molar-refractivity contribution is 7.99. The zero-order valence-electron chi connectivity index (χ0n) is 16.0. The van der Waals surface area contributed by atoms with Gasteiger partial charge in [0.2, 0.25) is 5.91 Å². The van der Waals surface area contributed by atoms with Crippen molar-refractivity contribution in [1.82, 2.24) is 20.1 Å². The van der Waals surface area contributed by atoms with Crippen LogP contribution in [-0.4, -0.2) is 39.6 Å². The molecule has 0 aliphatic rings. The first-order chi connectivity index (χ1) is 13.6. The van der Waals surface area contributed by atoms with Crippen LogP contribution < -0.4 is 10.1 Å². The fourth-order valence-corrected chi connectivity index (χ4v) is 3.35. The SMILES string of the molecule is CC(C)Cn1c(SCC(=O)NCCOc2ccccc2)nnc1-c1ccco1. The van der Waals surface area contributed by atoms with E-state index in [0.717, 1.165) is 12.3 Å². The van der Waals surface area contributed by atoms with Gasteiger partial charge in [-0.25, -0.2) is 0 Å². The number of amides is 1. The highest BCUT2D eigenvalue weighted by Crippen LogP contribution is 2.25. The van der Waals surface area contributed by atoms with E-state index in [9.17, 15) is 4.79 Å². The third-order valence-corrected chi connectivity index (χ3v) is 4.74. The Labute approximate surface area is 168 Å². The summed E-state index contributed by atoms with van der Waals surface area (Å²) >= 11 is 1.36. The normalized spacial score (nSPS) is 11.0. The zero-order valence-corrected chi connectivity index (χ0v) is 16.8. The predicted octanol–water partition coefficient (Wildman–Crippen LogP) is 3.48. The van der Waals surface area contributed by atoms with Gasteiger partial charge in [-0.1, -0.05) is 43.8 Å². The molecule has 0 aliphatic heterocycles. The summed E-state index contributed by atoms with van der Waals surface area (Å²) in [6.45, 7) is 5.87. The number of nitrogens with zero attached hydrogens (tertiary/aromatic N) is 3. The Morgan fingerprint density at radius 1 is 1.21 bits per heavy atom. The molecule has 28 heavy (non-hydrogen) atoms. The van der Waals surface area contributed by atoms with Crippen LogP contribution in [0.3, 0.4) is 0 Å². The molecule has 3 rings (SSSR count). The number of ether oxygens (including phenoxy) is 1. The highest BCUT2D eigenvalue weighted by Gasteiger charge is 2.18. The first-order valence-corrected chi connectivity index (χ1v) is 10.2. The van der Waals surface area contributed by atoms with Crippen LogP contribution >= 0.6 is 11.8 Å². The maximum Gasteiger partial charge on any atom is 0.230 e. The molecule has 0 aliphatic carbocycles. The fraction of sp³-hybridized carbons (Fsp3) is 0.350. The quantitative estimate of drug-likeness (QED) is 0.414. The number of hydrogen-bond donors (Lipinski definition) is 1. The number of hydrogen-bond acceptors (Lipinski definition) is 6. The van der Waals surface area contributed by atoms with Gasteiger partial charge >= 0.3 is 0 Å². The van der Waals surface area contributed by atoms with Crippen LogP contribution in [0, 0.1) is 5.92 Å². The van der Waals surface area contributed by atoms with Gasteiger partial charge in [-0.2, -0.15) is 0 Å². The molecule has 0 saturated heterocycles. The van der Waals surface area contributed by atoms with Crippen molar-refractivity contribution in [2.45, 2.75) is 25.5 Å². The van der Waals surface area contributed by atoms with Gasteiger partial charge in [0.05, 0.1) is 18.6 Å². The van der Waals surface area contributed by atoms with Crippen molar-refractivity contribution in [3.05, 3.63) is 48.7 Å². The number of carbonyl (C=O) groups excluding carboxylic acids is 1. The minimum Gasteiger partial charge on any atom is -0.492 e. The van der Waals surface area contributed by atoms with Gasteiger partial charge in [0, 0.05) is 6.54 Å². The van der Waals surface area contributed by atoms with Crippen molar-refractivity contribution in [2.24, 2.45) is 5.92 Å². The van der Waals surface area contributed by atoms with Gasteiger partial charge in [0.25, 0.3) is 0 Å². The Kier molecular flexibility index (Phi) is 7.13. The molecular formula is C20H24N4O3S. The van der Waals surface area contributed by atoms with E-state index in [1.807, 2.05) is 47.0 Å². The molecule has 148 valence electrons. The molecule has 7 nitrogen and oxygen atoms in total. The van der Waals surface area contributed by atoms with E-state index in [1.165, 1.54) is 11.8 Å². The number of rotatable bonds is 10. The summed E-state index contributed by atoms with van der Waals surface area (Å²) in [5.74, 6) is 2.74. The average molecular weight is 401 g/mol. The smallest absolute Gasteiger partial charge is 0.230 e. The van der Waals surface area contributed by atoms with Crippen LogP contribution in [0.2, 0.25) is 0 Å². The Hall–Kier alpha value is -2.74. The van der Waals surface area contributed by atoms with Crippen LogP contribution in [0.1, 0.15) is 13.8 Å². The zero-order chi connectivity index (χ0) is 19.8. The van der Waals surface area contributed by atoms with Gasteiger partial charge in [-0.05, 0) is 30.2 Å². The second-order valence-corrected chi connectivity index (χ2v) is 7.53. The lowest BCUT2D eigenvalue weighted by Crippen LogP contribution is -2.29. The number of benzene rings is 1. The molecule has 0 bridgehead atoms. The summed E-state index contributed by atoms with van der Waals surface area (Å²) in [5, 5.41) is 12.1. The van der Waals surface area contributed by atoms with Crippen molar-refractivity contribution in [2.75, 3.05) is 18.9 Å². The summed E-state index contributed by atoms with van der Waals surface area (Å²) < 4.78 is 13.0. The predicted molar refractivity (Wildman–Crippen MR) is 108 cm³/mol. The molecule has 1 aromatic carbocycles. The Morgan fingerprint density at radius 2 is 2.04 bits per heavy atom. The van der Waals surface area contributed by atoms with Crippen molar-refractivity contribution in [1.29, 1.82) is 0 Å². The van der Waals surface area contributed by atoms with Gasteiger partial charge in [0.15, 0.2) is 16.7 Å². The standard InChI is InChI=1S/C20H24N4O3S/c1-15(2)13-24-19(17-9-6-11-27-17)22-23-20(24)28-14-18(25)21-10-12-26-16-7-4-3-5-8-16/h3-9,11,15H,10,12-14H2,1-2H3,(H,21,25). The second kappa shape index (κ2) is 9.98. The summed E-state index contributed by atoms with van der Waals surface area (Å²) in [7, 11) is 0. The number of nitrogens with one attached hydrogen (secondary N) is 1. The molecule has 2 aromatic heterocycles. The Bertz CT molecular complexity index is 863. The number of furan rings is 1. The topological polar surface area (TPSA) is 82.2 Å². The summed E-state index contributed by atoms with van der Waals surface area (Å²) in [4.78, 5) is 12.1. The second-order valence-electron chi connectivity index (χ2n) is 6.59. The van der Waals surface area contributed by atoms with Crippen molar-refractivity contribution < 1.29 is 13.9 Å². The maximum atomic E-state index is 12.1. The van der Waals surface area contributed by atoms with Crippen molar-refractivity contribution in [3.8, 4) is 17.3 Å². The third kappa shape index (κ3) is 5.63. The molecule has 0 unspecified atom stereocenters. The molecule has 0 saturated carbocycles. The highest BCUT2D eigenvalue weighted by atomic mass is 32.2. The van der Waals surface area contributed by atoms with Crippen molar-refractivity contribution >= 4 is 17.7 Å². The fourth-order valence-electron chi connectivity index (χ4n) is 2.57. The van der Waals surface area contributed by atoms with E-state index in [0.29, 0.717) is 35.8 Å². The van der Waals surface area contributed by atoms with Crippen molar-refractivity contribution in [3.63, 3.8) is 0 Å². The first kappa shape index (κ1) is 20.0. The third-order valence-electron chi connectivity index (χ3n) is 3.77. The van der Waals surface area contributed by atoms with Crippen LogP contribution in [0.15, 0.2) is 58.3 Å². The van der Waals surface area contributed by atoms with E-state index in [1.54, 1.807) is 6.26 Å². The lowest BCUT2D eigenvalue weighted by molar-refractivity contribution is -0.118. The molecule has 0 atom stereocenters. The Balaban J connectivity index is 1.50. The molecule has 3 aromatic rings. The molecule has 1 amide bonds. The van der Waals surface area contributed by atoms with Crippen LogP contribution in [0.4, 0.5) is 0 Å². The molecule has 1 N–H and O–H groups in total. The minimum absolute atomic E-state index is 0.0692. The van der Waals surface area contributed by atoms with E-state index in [2.05, 4.69) is 29.4 Å². The average Bonchev–Trinajstić information content (AvgIpc) is 3.34. The van der Waals surface area contributed by atoms with E-state index in [-0.39, 0.29) is 11.7 Å². The van der Waals surface area contributed by atoms with Crippen LogP contribution in [-0.2, 0) is 11.3 Å².